The molecule has 5 nitrogen and oxygen atoms in total. The Hall–Kier alpha value is -2.82. The third kappa shape index (κ3) is 3.88. The van der Waals surface area contributed by atoms with Crippen LogP contribution in [0, 0.1) is 0 Å². The lowest BCUT2D eigenvalue weighted by Crippen LogP contribution is -2.14. The molecule has 0 saturated carbocycles. The average Bonchev–Trinajstić information content (AvgIpc) is 2.96. The van der Waals surface area contributed by atoms with Gasteiger partial charge in [-0.15, -0.1) is 0 Å². The quantitative estimate of drug-likeness (QED) is 0.757. The molecular formula is C18H19N3O2. The van der Waals surface area contributed by atoms with Crippen molar-refractivity contribution in [1.82, 2.24) is 9.97 Å². The van der Waals surface area contributed by atoms with E-state index in [2.05, 4.69) is 15.3 Å². The summed E-state index contributed by atoms with van der Waals surface area (Å²) in [5, 5.41) is 3.95. The molecule has 0 saturated heterocycles. The van der Waals surface area contributed by atoms with Gasteiger partial charge >= 0.3 is 0 Å². The smallest absolute Gasteiger partial charge is 0.228 e. The van der Waals surface area contributed by atoms with Gasteiger partial charge in [0, 0.05) is 17.8 Å². The normalized spacial score (nSPS) is 10.9. The highest BCUT2D eigenvalue weighted by Gasteiger charge is 2.06. The van der Waals surface area contributed by atoms with Gasteiger partial charge in [-0.1, -0.05) is 6.07 Å². The van der Waals surface area contributed by atoms with Crippen molar-refractivity contribution in [2.45, 2.75) is 26.4 Å². The highest BCUT2D eigenvalue weighted by molar-refractivity contribution is 5.93. The lowest BCUT2D eigenvalue weighted by atomic mass is 10.1. The number of benzene rings is 1. The summed E-state index contributed by atoms with van der Waals surface area (Å²) in [6.07, 6.45) is 3.89. The molecule has 0 bridgehead atoms. The molecule has 0 aliphatic carbocycles. The van der Waals surface area contributed by atoms with E-state index in [9.17, 15) is 4.79 Å². The third-order valence-corrected chi connectivity index (χ3v) is 3.36. The van der Waals surface area contributed by atoms with Gasteiger partial charge in [-0.25, -0.2) is 4.98 Å². The minimum absolute atomic E-state index is 0.0702. The van der Waals surface area contributed by atoms with Crippen LogP contribution in [-0.2, 0) is 11.2 Å². The molecule has 1 amide bonds. The van der Waals surface area contributed by atoms with E-state index >= 15 is 0 Å². The molecule has 3 rings (SSSR count). The molecule has 2 heterocycles. The zero-order valence-electron chi connectivity index (χ0n) is 13.2. The van der Waals surface area contributed by atoms with Gasteiger partial charge in [0.2, 0.25) is 11.8 Å². The molecule has 5 heteroatoms. The number of anilines is 1. The first-order valence-electron chi connectivity index (χ1n) is 7.59. The number of H-pyrrole nitrogens is 1. The minimum atomic E-state index is -0.0702. The van der Waals surface area contributed by atoms with E-state index < -0.39 is 0 Å². The summed E-state index contributed by atoms with van der Waals surface area (Å²) < 4.78 is 5.48. The topological polar surface area (TPSA) is 67.0 Å². The van der Waals surface area contributed by atoms with Crippen molar-refractivity contribution >= 4 is 22.5 Å². The van der Waals surface area contributed by atoms with Gasteiger partial charge in [-0.3, -0.25) is 4.79 Å². The van der Waals surface area contributed by atoms with E-state index in [1.54, 1.807) is 18.3 Å². The number of aromatic nitrogens is 2. The van der Waals surface area contributed by atoms with E-state index in [1.807, 2.05) is 44.3 Å². The zero-order valence-corrected chi connectivity index (χ0v) is 13.2. The van der Waals surface area contributed by atoms with Crippen LogP contribution in [0.4, 0.5) is 5.69 Å². The second kappa shape index (κ2) is 6.52. The molecule has 3 aromatic rings. The Morgan fingerprint density at radius 2 is 2.13 bits per heavy atom. The Kier molecular flexibility index (Phi) is 4.28. The Morgan fingerprint density at radius 3 is 2.87 bits per heavy atom. The van der Waals surface area contributed by atoms with Crippen molar-refractivity contribution in [2.24, 2.45) is 0 Å². The van der Waals surface area contributed by atoms with Crippen molar-refractivity contribution in [3.05, 3.63) is 54.4 Å². The molecule has 23 heavy (non-hydrogen) atoms. The SMILES string of the molecule is CC(C)Oc1ccc(NC(=O)Cc2ccc3[nH]ccc3c2)cn1. The lowest BCUT2D eigenvalue weighted by Gasteiger charge is -2.09. The van der Waals surface area contributed by atoms with Crippen LogP contribution in [0.3, 0.4) is 0 Å². The summed E-state index contributed by atoms with van der Waals surface area (Å²) in [6, 6.07) is 11.5. The fraction of sp³-hybridized carbons (Fsp3) is 0.222. The van der Waals surface area contributed by atoms with Crippen molar-refractivity contribution < 1.29 is 9.53 Å². The summed E-state index contributed by atoms with van der Waals surface area (Å²) in [6.45, 7) is 3.89. The third-order valence-electron chi connectivity index (χ3n) is 3.36. The van der Waals surface area contributed by atoms with Crippen LogP contribution in [-0.4, -0.2) is 22.0 Å². The Bertz CT molecular complexity index is 807. The van der Waals surface area contributed by atoms with Gasteiger partial charge < -0.3 is 15.0 Å². The number of amides is 1. The Balaban J connectivity index is 1.62. The molecule has 0 unspecified atom stereocenters. The molecule has 0 radical (unpaired) electrons. The van der Waals surface area contributed by atoms with Gasteiger partial charge in [0.25, 0.3) is 0 Å². The zero-order chi connectivity index (χ0) is 16.2. The van der Waals surface area contributed by atoms with Gasteiger partial charge in [0.1, 0.15) is 0 Å². The molecule has 1 aromatic carbocycles. The van der Waals surface area contributed by atoms with Crippen LogP contribution in [0.25, 0.3) is 10.9 Å². The summed E-state index contributed by atoms with van der Waals surface area (Å²) in [7, 11) is 0. The number of nitrogens with one attached hydrogen (secondary N) is 2. The number of pyridine rings is 1. The minimum Gasteiger partial charge on any atom is -0.475 e. The first-order valence-corrected chi connectivity index (χ1v) is 7.59. The maximum Gasteiger partial charge on any atom is 0.228 e. The van der Waals surface area contributed by atoms with Crippen LogP contribution in [0.15, 0.2) is 48.8 Å². The monoisotopic (exact) mass is 309 g/mol. The first kappa shape index (κ1) is 15.1. The standard InChI is InChI=1S/C18H19N3O2/c1-12(2)23-18-6-4-15(11-20-18)21-17(22)10-13-3-5-16-14(9-13)7-8-19-16/h3-9,11-12,19H,10H2,1-2H3,(H,21,22). The van der Waals surface area contributed by atoms with E-state index in [0.29, 0.717) is 18.0 Å². The maximum absolute atomic E-state index is 12.1. The van der Waals surface area contributed by atoms with Gasteiger partial charge in [-0.05, 0) is 49.1 Å². The number of hydrogen-bond donors (Lipinski definition) is 2. The molecule has 0 aliphatic heterocycles. The molecule has 118 valence electrons. The van der Waals surface area contributed by atoms with E-state index in [4.69, 9.17) is 4.74 Å². The molecule has 0 aliphatic rings. The molecule has 2 aromatic heterocycles. The van der Waals surface area contributed by atoms with E-state index in [0.717, 1.165) is 16.5 Å². The van der Waals surface area contributed by atoms with Crippen molar-refractivity contribution in [2.75, 3.05) is 5.32 Å². The van der Waals surface area contributed by atoms with Gasteiger partial charge in [0.15, 0.2) is 0 Å². The molecule has 0 fully saturated rings. The number of rotatable bonds is 5. The van der Waals surface area contributed by atoms with Crippen LogP contribution >= 0.6 is 0 Å². The Morgan fingerprint density at radius 1 is 1.26 bits per heavy atom. The van der Waals surface area contributed by atoms with Crippen LogP contribution in [0.2, 0.25) is 0 Å². The second-order valence-corrected chi connectivity index (χ2v) is 5.68. The number of ether oxygens (including phenoxy) is 1. The van der Waals surface area contributed by atoms with Crippen molar-refractivity contribution in [3.63, 3.8) is 0 Å². The second-order valence-electron chi connectivity index (χ2n) is 5.68. The van der Waals surface area contributed by atoms with Gasteiger partial charge in [-0.2, -0.15) is 0 Å². The summed E-state index contributed by atoms with van der Waals surface area (Å²) in [4.78, 5) is 19.5. The number of hydrogen-bond acceptors (Lipinski definition) is 3. The van der Waals surface area contributed by atoms with Gasteiger partial charge in [0.05, 0.1) is 24.4 Å². The predicted octanol–water partition coefficient (Wildman–Crippen LogP) is 3.53. The highest BCUT2D eigenvalue weighted by atomic mass is 16.5. The summed E-state index contributed by atoms with van der Waals surface area (Å²) in [5.41, 5.74) is 2.70. The first-order chi connectivity index (χ1) is 11.1. The fourth-order valence-electron chi connectivity index (χ4n) is 2.37. The van der Waals surface area contributed by atoms with Crippen LogP contribution < -0.4 is 10.1 Å². The average molecular weight is 309 g/mol. The number of nitrogens with zero attached hydrogens (tertiary/aromatic N) is 1. The van der Waals surface area contributed by atoms with E-state index in [-0.39, 0.29) is 12.0 Å². The lowest BCUT2D eigenvalue weighted by molar-refractivity contribution is -0.115. The number of aromatic amines is 1. The Labute approximate surface area is 134 Å². The van der Waals surface area contributed by atoms with Crippen molar-refractivity contribution in [1.29, 1.82) is 0 Å². The largest absolute Gasteiger partial charge is 0.475 e. The number of carbonyl (C=O) groups excluding carboxylic acids is 1. The summed E-state index contributed by atoms with van der Waals surface area (Å²) >= 11 is 0. The molecular weight excluding hydrogens is 290 g/mol. The van der Waals surface area contributed by atoms with E-state index in [1.165, 1.54) is 0 Å². The van der Waals surface area contributed by atoms with Crippen LogP contribution in [0.1, 0.15) is 19.4 Å². The molecule has 2 N–H and O–H groups in total. The van der Waals surface area contributed by atoms with Crippen LogP contribution in [0.5, 0.6) is 5.88 Å². The molecule has 0 atom stereocenters. The fourth-order valence-corrected chi connectivity index (χ4v) is 2.37. The van der Waals surface area contributed by atoms with Crippen molar-refractivity contribution in [3.8, 4) is 5.88 Å². The highest BCUT2D eigenvalue weighted by Crippen LogP contribution is 2.16. The predicted molar refractivity (Wildman–Crippen MR) is 90.6 cm³/mol. The number of carbonyl (C=O) groups is 1. The maximum atomic E-state index is 12.1. The summed E-state index contributed by atoms with van der Waals surface area (Å²) in [5.74, 6) is 0.482. The number of fused-ring (bicyclic) bond motifs is 1. The molecule has 0 spiro atoms.